The molecule has 0 unspecified atom stereocenters. The second-order valence-corrected chi connectivity index (χ2v) is 6.82. The Labute approximate surface area is 114 Å². The lowest BCUT2D eigenvalue weighted by atomic mass is 9.90. The van der Waals surface area contributed by atoms with Crippen LogP contribution < -0.4 is 5.32 Å². The summed E-state index contributed by atoms with van der Waals surface area (Å²) in [5, 5.41) is 3.52. The lowest BCUT2D eigenvalue weighted by Gasteiger charge is -2.21. The van der Waals surface area contributed by atoms with E-state index in [1.807, 2.05) is 0 Å². The first-order chi connectivity index (χ1) is 8.58. The van der Waals surface area contributed by atoms with Gasteiger partial charge in [-0.1, -0.05) is 19.3 Å². The molecule has 2 heteroatoms. The van der Waals surface area contributed by atoms with Gasteiger partial charge in [0.15, 0.2) is 0 Å². The van der Waals surface area contributed by atoms with Crippen molar-refractivity contribution in [1.82, 2.24) is 5.32 Å². The monoisotopic (exact) mass is 255 g/mol. The molecule has 0 radical (unpaired) electrons. The molecule has 1 saturated carbocycles. The lowest BCUT2D eigenvalue weighted by molar-refractivity contribution is 0.0825. The van der Waals surface area contributed by atoms with Gasteiger partial charge in [-0.2, -0.15) is 0 Å². The predicted octanol–water partition coefficient (Wildman–Crippen LogP) is 4.14. The zero-order chi connectivity index (χ0) is 13.3. The minimum atomic E-state index is 0.261. The van der Waals surface area contributed by atoms with Gasteiger partial charge in [-0.3, -0.25) is 0 Å². The van der Waals surface area contributed by atoms with Crippen LogP contribution in [0.25, 0.3) is 0 Å². The van der Waals surface area contributed by atoms with Crippen LogP contribution in [0, 0.1) is 5.92 Å². The average molecular weight is 255 g/mol. The SMILES string of the molecule is CC(C)(C)NCCCCCOCC1CCCCC1. The van der Waals surface area contributed by atoms with E-state index in [1.54, 1.807) is 0 Å². The Morgan fingerprint density at radius 2 is 1.72 bits per heavy atom. The van der Waals surface area contributed by atoms with Gasteiger partial charge in [0, 0.05) is 18.8 Å². The minimum absolute atomic E-state index is 0.261. The van der Waals surface area contributed by atoms with Crippen molar-refractivity contribution in [3.63, 3.8) is 0 Å². The quantitative estimate of drug-likeness (QED) is 0.658. The number of unbranched alkanes of at least 4 members (excludes halogenated alkanes) is 2. The molecule has 1 aliphatic rings. The molecule has 2 nitrogen and oxygen atoms in total. The van der Waals surface area contributed by atoms with E-state index >= 15 is 0 Å². The van der Waals surface area contributed by atoms with Crippen molar-refractivity contribution in [2.45, 2.75) is 77.7 Å². The zero-order valence-corrected chi connectivity index (χ0v) is 12.8. The number of nitrogens with one attached hydrogen (secondary N) is 1. The van der Waals surface area contributed by atoms with E-state index in [2.05, 4.69) is 26.1 Å². The van der Waals surface area contributed by atoms with Gasteiger partial charge in [0.1, 0.15) is 0 Å². The van der Waals surface area contributed by atoms with E-state index < -0.39 is 0 Å². The molecule has 0 aromatic heterocycles. The molecule has 0 aromatic carbocycles. The van der Waals surface area contributed by atoms with Crippen LogP contribution in [0.1, 0.15) is 72.1 Å². The van der Waals surface area contributed by atoms with Crippen LogP contribution in [0.3, 0.4) is 0 Å². The Balaban J connectivity index is 1.81. The Hall–Kier alpha value is -0.0800. The maximum Gasteiger partial charge on any atom is 0.0494 e. The van der Waals surface area contributed by atoms with Crippen LogP contribution >= 0.6 is 0 Å². The van der Waals surface area contributed by atoms with Crippen molar-refractivity contribution in [3.8, 4) is 0 Å². The first kappa shape index (κ1) is 16.0. The Morgan fingerprint density at radius 1 is 1.00 bits per heavy atom. The van der Waals surface area contributed by atoms with Crippen LogP contribution in [-0.2, 0) is 4.74 Å². The first-order valence-corrected chi connectivity index (χ1v) is 7.91. The van der Waals surface area contributed by atoms with E-state index in [9.17, 15) is 0 Å². The highest BCUT2D eigenvalue weighted by molar-refractivity contribution is 4.69. The van der Waals surface area contributed by atoms with Gasteiger partial charge < -0.3 is 10.1 Å². The topological polar surface area (TPSA) is 21.3 Å². The maximum atomic E-state index is 5.80. The summed E-state index contributed by atoms with van der Waals surface area (Å²) < 4.78 is 5.80. The standard InChI is InChI=1S/C16H33NO/c1-16(2,3)17-12-8-5-9-13-18-14-15-10-6-4-7-11-15/h15,17H,4-14H2,1-3H3. The molecule has 0 atom stereocenters. The molecule has 0 bridgehead atoms. The molecular weight excluding hydrogens is 222 g/mol. The number of rotatable bonds is 8. The summed E-state index contributed by atoms with van der Waals surface area (Å²) in [5.41, 5.74) is 0.261. The van der Waals surface area contributed by atoms with Gasteiger partial charge in [-0.15, -0.1) is 0 Å². The zero-order valence-electron chi connectivity index (χ0n) is 12.8. The highest BCUT2D eigenvalue weighted by Gasteiger charge is 2.12. The van der Waals surface area contributed by atoms with Gasteiger partial charge in [0.05, 0.1) is 0 Å². The Bertz CT molecular complexity index is 192. The molecule has 0 spiro atoms. The van der Waals surface area contributed by atoms with E-state index in [4.69, 9.17) is 4.74 Å². The van der Waals surface area contributed by atoms with Crippen LogP contribution in [0.5, 0.6) is 0 Å². The second kappa shape index (κ2) is 8.92. The molecule has 108 valence electrons. The third kappa shape index (κ3) is 8.93. The van der Waals surface area contributed by atoms with Crippen molar-refractivity contribution < 1.29 is 4.74 Å². The van der Waals surface area contributed by atoms with Gasteiger partial charge in [0.25, 0.3) is 0 Å². The van der Waals surface area contributed by atoms with Gasteiger partial charge >= 0.3 is 0 Å². The molecule has 0 amide bonds. The van der Waals surface area contributed by atoms with Gasteiger partial charge in [-0.05, 0) is 65.3 Å². The van der Waals surface area contributed by atoms with E-state index in [0.717, 1.165) is 25.7 Å². The molecule has 0 heterocycles. The summed E-state index contributed by atoms with van der Waals surface area (Å²) in [5.74, 6) is 0.862. The molecule has 18 heavy (non-hydrogen) atoms. The molecule has 1 fully saturated rings. The van der Waals surface area contributed by atoms with E-state index in [0.29, 0.717) is 0 Å². The van der Waals surface area contributed by atoms with E-state index in [1.165, 1.54) is 51.4 Å². The van der Waals surface area contributed by atoms with Crippen molar-refractivity contribution >= 4 is 0 Å². The largest absolute Gasteiger partial charge is 0.381 e. The lowest BCUT2D eigenvalue weighted by Crippen LogP contribution is -2.36. The third-order valence-corrected chi connectivity index (χ3v) is 3.70. The molecule has 0 aliphatic heterocycles. The summed E-state index contributed by atoms with van der Waals surface area (Å²) in [7, 11) is 0. The van der Waals surface area contributed by atoms with Crippen molar-refractivity contribution in [1.29, 1.82) is 0 Å². The highest BCUT2D eigenvalue weighted by atomic mass is 16.5. The molecular formula is C16H33NO. The first-order valence-electron chi connectivity index (χ1n) is 7.91. The highest BCUT2D eigenvalue weighted by Crippen LogP contribution is 2.23. The molecule has 0 saturated heterocycles. The molecule has 1 rings (SSSR count). The Morgan fingerprint density at radius 3 is 2.39 bits per heavy atom. The summed E-state index contributed by atoms with van der Waals surface area (Å²) in [4.78, 5) is 0. The summed E-state index contributed by atoms with van der Waals surface area (Å²) in [6, 6.07) is 0. The number of ether oxygens (including phenoxy) is 1. The van der Waals surface area contributed by atoms with Crippen LogP contribution in [0.4, 0.5) is 0 Å². The predicted molar refractivity (Wildman–Crippen MR) is 79.0 cm³/mol. The van der Waals surface area contributed by atoms with Crippen LogP contribution in [0.2, 0.25) is 0 Å². The average Bonchev–Trinajstić information content (AvgIpc) is 2.32. The summed E-state index contributed by atoms with van der Waals surface area (Å²) in [6.07, 6.45) is 10.9. The Kier molecular flexibility index (Phi) is 7.92. The van der Waals surface area contributed by atoms with Crippen LogP contribution in [0.15, 0.2) is 0 Å². The third-order valence-electron chi connectivity index (χ3n) is 3.70. The summed E-state index contributed by atoms with van der Waals surface area (Å²) in [6.45, 7) is 9.78. The second-order valence-electron chi connectivity index (χ2n) is 6.82. The maximum absolute atomic E-state index is 5.80. The molecule has 1 N–H and O–H groups in total. The van der Waals surface area contributed by atoms with Crippen molar-refractivity contribution in [3.05, 3.63) is 0 Å². The number of hydrogen-bond donors (Lipinski definition) is 1. The fourth-order valence-corrected chi connectivity index (χ4v) is 2.57. The van der Waals surface area contributed by atoms with E-state index in [-0.39, 0.29) is 5.54 Å². The van der Waals surface area contributed by atoms with Crippen LogP contribution in [-0.4, -0.2) is 25.3 Å². The molecule has 1 aliphatic carbocycles. The van der Waals surface area contributed by atoms with Crippen molar-refractivity contribution in [2.75, 3.05) is 19.8 Å². The van der Waals surface area contributed by atoms with Gasteiger partial charge in [-0.25, -0.2) is 0 Å². The van der Waals surface area contributed by atoms with Crippen molar-refractivity contribution in [2.24, 2.45) is 5.92 Å². The fourth-order valence-electron chi connectivity index (χ4n) is 2.57. The molecule has 0 aromatic rings. The minimum Gasteiger partial charge on any atom is -0.381 e. The fraction of sp³-hybridized carbons (Fsp3) is 1.00. The van der Waals surface area contributed by atoms with Gasteiger partial charge in [0.2, 0.25) is 0 Å². The summed E-state index contributed by atoms with van der Waals surface area (Å²) >= 11 is 0. The normalized spacial score (nSPS) is 18.2. The smallest absolute Gasteiger partial charge is 0.0494 e. The number of hydrogen-bond acceptors (Lipinski definition) is 2.